The van der Waals surface area contributed by atoms with Crippen LogP contribution in [0.15, 0.2) is 23.0 Å². The lowest BCUT2D eigenvalue weighted by atomic mass is 9.57. The van der Waals surface area contributed by atoms with Crippen LogP contribution in [-0.2, 0) is 20.8 Å². The highest BCUT2D eigenvalue weighted by Gasteiger charge is 2.64. The van der Waals surface area contributed by atoms with Gasteiger partial charge in [-0.05, 0) is 32.9 Å². The number of hydrogen-bond acceptors (Lipinski definition) is 9. The SMILES string of the molecule is CNC(=O)Nc1cc(F)c2c(c1O)C(O)=C1C(=O)[C@]3(O)C(O)=C(C(N)=O)C(=O)[C@@H](N(C)C)[C@@H]3C[C@@H]1C2.Cl. The summed E-state index contributed by atoms with van der Waals surface area (Å²) in [4.78, 5) is 51.7. The fourth-order valence-corrected chi connectivity index (χ4v) is 5.55. The van der Waals surface area contributed by atoms with Gasteiger partial charge in [0, 0.05) is 30.2 Å². The molecule has 0 aromatic heterocycles. The largest absolute Gasteiger partial charge is 0.508 e. The second-order valence-electron chi connectivity index (χ2n) is 9.27. The molecule has 1 aromatic rings. The minimum absolute atomic E-state index is 0. The minimum Gasteiger partial charge on any atom is -0.508 e. The van der Waals surface area contributed by atoms with E-state index < -0.39 is 86.8 Å². The topological polar surface area (TPSA) is 203 Å². The van der Waals surface area contributed by atoms with Crippen LogP contribution >= 0.6 is 12.4 Å². The monoisotopic (exact) mass is 540 g/mol. The van der Waals surface area contributed by atoms with E-state index in [0.717, 1.165) is 6.07 Å². The second kappa shape index (κ2) is 9.32. The molecule has 3 amide bonds. The molecule has 1 aromatic carbocycles. The number of likely N-dealkylation sites (N-methyl/N-ethyl adjacent to an activating group) is 1. The molecule has 37 heavy (non-hydrogen) atoms. The number of ketones is 2. The smallest absolute Gasteiger partial charge is 0.319 e. The Morgan fingerprint density at radius 2 is 1.84 bits per heavy atom. The van der Waals surface area contributed by atoms with Gasteiger partial charge in [0.05, 0.1) is 17.3 Å². The standard InChI is InChI=1S/C23H25FN4O8.ClH/c1-26-22(35)27-11-6-10(24)8-4-7-5-9-15(28(2)3)18(31)14(21(25)34)20(33)23(9,36)19(32)12(7)17(30)13(8)16(11)29;/h6-7,9,15,29-30,33,36H,4-5H2,1-3H3,(H2,25,34)(H2,26,27,35);1H/t7-,9-,15-,23-;/m0./s1. The lowest BCUT2D eigenvalue weighted by molar-refractivity contribution is -0.153. The molecule has 3 aliphatic carbocycles. The van der Waals surface area contributed by atoms with Crippen molar-refractivity contribution in [1.29, 1.82) is 0 Å². The first kappa shape index (κ1) is 27.9. The van der Waals surface area contributed by atoms with Crippen molar-refractivity contribution in [1.82, 2.24) is 10.2 Å². The number of amides is 3. The molecule has 1 saturated carbocycles. The number of nitrogens with zero attached hydrogens (tertiary/aromatic N) is 1. The number of primary amides is 1. The molecule has 0 spiro atoms. The van der Waals surface area contributed by atoms with Crippen LogP contribution in [0.2, 0.25) is 0 Å². The minimum atomic E-state index is -2.79. The van der Waals surface area contributed by atoms with E-state index in [9.17, 15) is 39.6 Å². The molecule has 0 unspecified atom stereocenters. The Balaban J connectivity index is 0.00000380. The number of phenolic OH excluding ortho intramolecular Hbond substituents is 1. The Morgan fingerprint density at radius 3 is 2.38 bits per heavy atom. The van der Waals surface area contributed by atoms with Crippen molar-refractivity contribution in [2.75, 3.05) is 26.5 Å². The van der Waals surface area contributed by atoms with Crippen LogP contribution in [0.3, 0.4) is 0 Å². The lowest BCUT2D eigenvalue weighted by Gasteiger charge is -2.50. The van der Waals surface area contributed by atoms with Crippen molar-refractivity contribution in [2.24, 2.45) is 17.6 Å². The summed E-state index contributed by atoms with van der Waals surface area (Å²) in [5.74, 6) is -9.28. The van der Waals surface area contributed by atoms with E-state index >= 15 is 4.39 Å². The van der Waals surface area contributed by atoms with Gasteiger partial charge in [0.1, 0.15) is 22.9 Å². The zero-order valence-electron chi connectivity index (χ0n) is 20.0. The first-order valence-corrected chi connectivity index (χ1v) is 10.9. The molecule has 8 N–H and O–H groups in total. The van der Waals surface area contributed by atoms with Gasteiger partial charge in [-0.25, -0.2) is 9.18 Å². The van der Waals surface area contributed by atoms with Gasteiger partial charge in [-0.1, -0.05) is 0 Å². The third-order valence-corrected chi connectivity index (χ3v) is 7.14. The maximum atomic E-state index is 15.1. The maximum absolute atomic E-state index is 15.1. The molecule has 4 atom stereocenters. The van der Waals surface area contributed by atoms with E-state index in [1.807, 2.05) is 0 Å². The molecular formula is C23H26ClFN4O8. The van der Waals surface area contributed by atoms with E-state index in [1.54, 1.807) is 0 Å². The summed E-state index contributed by atoms with van der Waals surface area (Å²) in [5, 5.41) is 48.5. The average molecular weight is 541 g/mol. The quantitative estimate of drug-likeness (QED) is 0.207. The van der Waals surface area contributed by atoms with Crippen LogP contribution in [0, 0.1) is 17.7 Å². The van der Waals surface area contributed by atoms with Crippen LogP contribution in [0.1, 0.15) is 17.5 Å². The van der Waals surface area contributed by atoms with E-state index in [2.05, 4.69) is 10.6 Å². The number of nitrogens with one attached hydrogen (secondary N) is 2. The van der Waals surface area contributed by atoms with Gasteiger partial charge in [-0.15, -0.1) is 12.4 Å². The van der Waals surface area contributed by atoms with Gasteiger partial charge < -0.3 is 36.8 Å². The van der Waals surface area contributed by atoms with Crippen molar-refractivity contribution in [3.8, 4) is 5.75 Å². The summed E-state index contributed by atoms with van der Waals surface area (Å²) < 4.78 is 15.1. The normalized spacial score (nSPS) is 26.7. The van der Waals surface area contributed by atoms with Gasteiger partial charge in [0.15, 0.2) is 17.1 Å². The number of halogens is 2. The zero-order chi connectivity index (χ0) is 26.9. The van der Waals surface area contributed by atoms with E-state index in [-0.39, 0.29) is 36.5 Å². The first-order valence-electron chi connectivity index (χ1n) is 10.9. The van der Waals surface area contributed by atoms with E-state index in [0.29, 0.717) is 0 Å². The summed E-state index contributed by atoms with van der Waals surface area (Å²) >= 11 is 0. The van der Waals surface area contributed by atoms with Crippen LogP contribution in [0.4, 0.5) is 14.9 Å². The summed E-state index contributed by atoms with van der Waals surface area (Å²) in [5.41, 5.74) is 0.141. The molecule has 4 rings (SSSR count). The fourth-order valence-electron chi connectivity index (χ4n) is 5.55. The van der Waals surface area contributed by atoms with Crippen LogP contribution < -0.4 is 16.4 Å². The van der Waals surface area contributed by atoms with E-state index in [1.165, 1.54) is 26.0 Å². The second-order valence-corrected chi connectivity index (χ2v) is 9.27. The highest BCUT2D eigenvalue weighted by molar-refractivity contribution is 6.24. The van der Waals surface area contributed by atoms with Crippen molar-refractivity contribution in [3.63, 3.8) is 0 Å². The van der Waals surface area contributed by atoms with E-state index in [4.69, 9.17) is 5.73 Å². The molecule has 0 radical (unpaired) electrons. The number of aliphatic hydroxyl groups is 3. The number of anilines is 1. The lowest BCUT2D eigenvalue weighted by Crippen LogP contribution is -2.65. The molecule has 3 aliphatic rings. The van der Waals surface area contributed by atoms with Crippen molar-refractivity contribution in [3.05, 3.63) is 39.9 Å². The van der Waals surface area contributed by atoms with Crippen LogP contribution in [0.5, 0.6) is 5.75 Å². The zero-order valence-corrected chi connectivity index (χ0v) is 20.8. The number of rotatable bonds is 3. The number of phenols is 1. The number of fused-ring (bicyclic) bond motifs is 3. The number of benzene rings is 1. The molecule has 0 saturated heterocycles. The highest BCUT2D eigenvalue weighted by atomic mass is 35.5. The predicted molar refractivity (Wildman–Crippen MR) is 130 cm³/mol. The number of carbonyl (C=O) groups is 4. The Morgan fingerprint density at radius 1 is 1.22 bits per heavy atom. The molecule has 12 nitrogen and oxygen atoms in total. The molecule has 0 heterocycles. The predicted octanol–water partition coefficient (Wildman–Crippen LogP) is 0.276. The molecule has 0 bridgehead atoms. The number of aromatic hydroxyl groups is 1. The summed E-state index contributed by atoms with van der Waals surface area (Å²) in [6, 6.07) is -1.16. The van der Waals surface area contributed by atoms with Crippen molar-refractivity contribution in [2.45, 2.75) is 24.5 Å². The number of nitrogens with two attached hydrogens (primary N) is 1. The van der Waals surface area contributed by atoms with Crippen molar-refractivity contribution < 1.29 is 44.0 Å². The summed E-state index contributed by atoms with van der Waals surface area (Å²) in [6.07, 6.45) is -0.363. The summed E-state index contributed by atoms with van der Waals surface area (Å²) in [7, 11) is 4.25. The fraction of sp³-hybridized carbons (Fsp3) is 0.391. The molecule has 14 heteroatoms. The number of carbonyl (C=O) groups excluding carboxylic acids is 4. The van der Waals surface area contributed by atoms with Crippen molar-refractivity contribution >= 4 is 47.4 Å². The third-order valence-electron chi connectivity index (χ3n) is 7.14. The number of hydrogen-bond donors (Lipinski definition) is 7. The first-order chi connectivity index (χ1) is 16.8. The van der Waals surface area contributed by atoms with Gasteiger partial charge in [0.25, 0.3) is 5.91 Å². The van der Waals surface area contributed by atoms with Gasteiger partial charge in [0.2, 0.25) is 5.78 Å². The third kappa shape index (κ3) is 3.81. The highest BCUT2D eigenvalue weighted by Crippen LogP contribution is 2.53. The average Bonchev–Trinajstić information content (AvgIpc) is 2.79. The molecule has 1 fully saturated rings. The van der Waals surface area contributed by atoms with Crippen LogP contribution in [-0.4, -0.2) is 81.6 Å². The Kier molecular flexibility index (Phi) is 7.03. The number of aliphatic hydroxyl groups excluding tert-OH is 2. The van der Waals surface area contributed by atoms with Crippen LogP contribution in [0.25, 0.3) is 5.76 Å². The van der Waals surface area contributed by atoms with Gasteiger partial charge in [-0.3, -0.25) is 19.3 Å². The number of urea groups is 1. The van der Waals surface area contributed by atoms with Gasteiger partial charge >= 0.3 is 6.03 Å². The Bertz CT molecular complexity index is 1310. The Labute approximate surface area is 216 Å². The summed E-state index contributed by atoms with van der Waals surface area (Å²) in [6.45, 7) is 0. The Hall–Kier alpha value is -3.68. The number of Topliss-reactive ketones (excluding diaryl/α,β-unsaturated/α-hetero) is 2. The molecule has 200 valence electrons. The molecule has 0 aliphatic heterocycles. The maximum Gasteiger partial charge on any atom is 0.319 e. The van der Waals surface area contributed by atoms with Gasteiger partial charge in [-0.2, -0.15) is 0 Å². The molecular weight excluding hydrogens is 515 g/mol.